The lowest BCUT2D eigenvalue weighted by Crippen LogP contribution is -2.49. The molecule has 48 heavy (non-hydrogen) atoms. The van der Waals surface area contributed by atoms with Gasteiger partial charge in [-0.05, 0) is 44.2 Å². The fraction of sp³-hybridized carbons (Fsp3) is 0.394. The van der Waals surface area contributed by atoms with E-state index in [1.54, 1.807) is 27.9 Å². The number of nitrogens with one attached hydrogen (secondary N) is 2. The molecular formula is C33H35F3N8O4. The zero-order valence-corrected chi connectivity index (χ0v) is 26.2. The van der Waals surface area contributed by atoms with E-state index in [1.165, 1.54) is 12.3 Å². The number of aryl methyl sites for hydroxylation is 1. The van der Waals surface area contributed by atoms with Crippen LogP contribution in [-0.4, -0.2) is 61.9 Å². The first-order valence-corrected chi connectivity index (χ1v) is 15.8. The van der Waals surface area contributed by atoms with Gasteiger partial charge in [-0.2, -0.15) is 18.2 Å². The lowest BCUT2D eigenvalue weighted by molar-refractivity contribution is -0.142. The Hall–Kier alpha value is -5.05. The van der Waals surface area contributed by atoms with Gasteiger partial charge in [-0.1, -0.05) is 30.3 Å². The summed E-state index contributed by atoms with van der Waals surface area (Å²) < 4.78 is 52.8. The molecule has 2 amide bonds. The molecule has 2 aliphatic rings. The van der Waals surface area contributed by atoms with Crippen LogP contribution >= 0.6 is 0 Å². The molecule has 2 N–H and O–H groups in total. The molecular weight excluding hydrogens is 629 g/mol. The minimum Gasteiger partial charge on any atom is -0.469 e. The number of ether oxygens (including phenoxy) is 2. The number of nitrogens with zero attached hydrogens (tertiary/aromatic N) is 6. The number of alkyl halides is 3. The fourth-order valence-electron chi connectivity index (χ4n) is 5.66. The Labute approximate surface area is 274 Å². The van der Waals surface area contributed by atoms with Gasteiger partial charge >= 0.3 is 12.2 Å². The zero-order valence-electron chi connectivity index (χ0n) is 26.2. The van der Waals surface area contributed by atoms with Crippen molar-refractivity contribution in [3.05, 3.63) is 88.7 Å². The summed E-state index contributed by atoms with van der Waals surface area (Å²) in [7, 11) is 0. The molecule has 4 heterocycles. The number of benzene rings is 1. The molecule has 2 fully saturated rings. The highest BCUT2D eigenvalue weighted by Crippen LogP contribution is 2.36. The first kappa shape index (κ1) is 32.9. The Morgan fingerprint density at radius 1 is 1.04 bits per heavy atom. The van der Waals surface area contributed by atoms with Crippen LogP contribution in [0.4, 0.5) is 29.7 Å². The van der Waals surface area contributed by atoms with Crippen LogP contribution in [0.2, 0.25) is 0 Å². The molecule has 252 valence electrons. The van der Waals surface area contributed by atoms with Crippen LogP contribution in [-0.2, 0) is 24.0 Å². The van der Waals surface area contributed by atoms with E-state index in [0.29, 0.717) is 55.8 Å². The minimum absolute atomic E-state index is 0.0345. The van der Waals surface area contributed by atoms with Crippen molar-refractivity contribution in [1.29, 1.82) is 0 Å². The molecule has 3 aromatic heterocycles. The van der Waals surface area contributed by atoms with Gasteiger partial charge in [0.15, 0.2) is 5.82 Å². The standard InChI is InChI=1S/C33H35F3N8O4/c1-2-43-13-12-22(14-29(43)45)27-17-38-28(18-37-27)44(32(46)40-15-21-6-4-3-5-7-21)24-10-8-23(9-11-24)41-31-39-16-26(33(34,35)36)30(42-31)48-25-19-47-20-25/h3-7,12-14,16-18,23-25H,2,8-11,15,19-20H2,1H3,(H,40,46)(H,39,41,42). The maximum Gasteiger partial charge on any atom is 0.423 e. The lowest BCUT2D eigenvalue weighted by Gasteiger charge is -2.36. The molecule has 1 saturated carbocycles. The van der Waals surface area contributed by atoms with E-state index in [4.69, 9.17) is 9.47 Å². The van der Waals surface area contributed by atoms with Crippen LogP contribution in [0.3, 0.4) is 0 Å². The average molecular weight is 665 g/mol. The number of hydrogen-bond acceptors (Lipinski definition) is 9. The average Bonchev–Trinajstić information content (AvgIpc) is 3.07. The van der Waals surface area contributed by atoms with Crippen molar-refractivity contribution < 1.29 is 27.4 Å². The summed E-state index contributed by atoms with van der Waals surface area (Å²) in [4.78, 5) is 44.7. The van der Waals surface area contributed by atoms with Crippen molar-refractivity contribution in [2.75, 3.05) is 23.4 Å². The second-order valence-electron chi connectivity index (χ2n) is 11.7. The Balaban J connectivity index is 1.16. The van der Waals surface area contributed by atoms with Crippen LogP contribution in [0.5, 0.6) is 5.88 Å². The van der Waals surface area contributed by atoms with Gasteiger partial charge in [0.25, 0.3) is 5.56 Å². The molecule has 1 aromatic carbocycles. The number of urea groups is 1. The third kappa shape index (κ3) is 7.73. The normalized spacial score (nSPS) is 18.1. The van der Waals surface area contributed by atoms with Crippen molar-refractivity contribution in [3.8, 4) is 17.1 Å². The van der Waals surface area contributed by atoms with E-state index in [0.717, 1.165) is 11.8 Å². The quantitative estimate of drug-likeness (QED) is 0.239. The third-order valence-electron chi connectivity index (χ3n) is 8.36. The summed E-state index contributed by atoms with van der Waals surface area (Å²) in [6.07, 6.45) is 2.65. The highest BCUT2D eigenvalue weighted by molar-refractivity contribution is 5.91. The van der Waals surface area contributed by atoms with E-state index in [9.17, 15) is 22.8 Å². The number of aromatic nitrogens is 5. The largest absolute Gasteiger partial charge is 0.469 e. The van der Waals surface area contributed by atoms with Gasteiger partial charge in [0.05, 0.1) is 31.3 Å². The number of rotatable bonds is 10. The number of carbonyl (C=O) groups is 1. The Morgan fingerprint density at radius 3 is 2.44 bits per heavy atom. The number of hydrogen-bond donors (Lipinski definition) is 2. The first-order chi connectivity index (χ1) is 23.2. The number of halogens is 3. The Bertz CT molecular complexity index is 1760. The maximum absolute atomic E-state index is 13.7. The van der Waals surface area contributed by atoms with Crippen molar-refractivity contribution in [1.82, 2.24) is 29.8 Å². The predicted octanol–water partition coefficient (Wildman–Crippen LogP) is 5.05. The maximum atomic E-state index is 13.7. The van der Waals surface area contributed by atoms with Gasteiger partial charge in [0.2, 0.25) is 11.8 Å². The molecule has 0 atom stereocenters. The van der Waals surface area contributed by atoms with Crippen LogP contribution in [0.1, 0.15) is 43.7 Å². The Kier molecular flexibility index (Phi) is 9.85. The molecule has 0 radical (unpaired) electrons. The van der Waals surface area contributed by atoms with Gasteiger partial charge in [-0.3, -0.25) is 14.7 Å². The van der Waals surface area contributed by atoms with Gasteiger partial charge in [-0.25, -0.2) is 14.8 Å². The summed E-state index contributed by atoms with van der Waals surface area (Å²) >= 11 is 0. The van der Waals surface area contributed by atoms with Crippen LogP contribution in [0, 0.1) is 0 Å². The first-order valence-electron chi connectivity index (χ1n) is 15.8. The second-order valence-corrected chi connectivity index (χ2v) is 11.7. The number of carbonyl (C=O) groups excluding carboxylic acids is 1. The van der Waals surface area contributed by atoms with Crippen molar-refractivity contribution >= 4 is 17.8 Å². The van der Waals surface area contributed by atoms with E-state index >= 15 is 0 Å². The lowest BCUT2D eigenvalue weighted by atomic mass is 9.90. The van der Waals surface area contributed by atoms with E-state index in [1.807, 2.05) is 37.3 Å². The molecule has 1 aliphatic heterocycles. The van der Waals surface area contributed by atoms with Gasteiger partial charge in [0, 0.05) is 49.2 Å². The van der Waals surface area contributed by atoms with Gasteiger partial charge in [0.1, 0.15) is 11.7 Å². The highest BCUT2D eigenvalue weighted by atomic mass is 19.4. The van der Waals surface area contributed by atoms with Crippen LogP contribution in [0.15, 0.2) is 72.0 Å². The van der Waals surface area contributed by atoms with E-state index in [-0.39, 0.29) is 42.8 Å². The smallest absolute Gasteiger partial charge is 0.423 e. The number of amides is 2. The predicted molar refractivity (Wildman–Crippen MR) is 170 cm³/mol. The second kappa shape index (κ2) is 14.4. The van der Waals surface area contributed by atoms with Crippen molar-refractivity contribution in [3.63, 3.8) is 0 Å². The summed E-state index contributed by atoms with van der Waals surface area (Å²) in [6, 6.07) is 12.1. The van der Waals surface area contributed by atoms with Crippen LogP contribution < -0.4 is 25.8 Å². The van der Waals surface area contributed by atoms with Crippen molar-refractivity contribution in [2.45, 2.75) is 70.1 Å². The summed E-state index contributed by atoms with van der Waals surface area (Å²) in [6.45, 7) is 3.15. The highest BCUT2D eigenvalue weighted by Gasteiger charge is 2.38. The van der Waals surface area contributed by atoms with Crippen LogP contribution in [0.25, 0.3) is 11.3 Å². The Morgan fingerprint density at radius 2 is 1.81 bits per heavy atom. The number of pyridine rings is 1. The third-order valence-corrected chi connectivity index (χ3v) is 8.36. The molecule has 6 rings (SSSR count). The summed E-state index contributed by atoms with van der Waals surface area (Å²) in [5.74, 6) is -0.139. The molecule has 15 heteroatoms. The molecule has 0 bridgehead atoms. The molecule has 12 nitrogen and oxygen atoms in total. The molecule has 0 unspecified atom stereocenters. The molecule has 4 aromatic rings. The molecule has 1 saturated heterocycles. The van der Waals surface area contributed by atoms with Crippen molar-refractivity contribution in [2.24, 2.45) is 0 Å². The topological polar surface area (TPSA) is 136 Å². The summed E-state index contributed by atoms with van der Waals surface area (Å²) in [5, 5.41) is 6.13. The minimum atomic E-state index is -4.67. The fourth-order valence-corrected chi connectivity index (χ4v) is 5.66. The van der Waals surface area contributed by atoms with E-state index in [2.05, 4.69) is 30.6 Å². The van der Waals surface area contributed by atoms with Gasteiger partial charge < -0.3 is 24.7 Å². The SMILES string of the molecule is CCn1ccc(-c2cnc(N(C(=O)NCc3ccccc3)C3CCC(Nc4ncc(C(F)(F)F)c(OC5COC5)n4)CC3)cn2)cc1=O. The summed E-state index contributed by atoms with van der Waals surface area (Å²) in [5.41, 5.74) is 0.869. The molecule has 0 spiro atoms. The monoisotopic (exact) mass is 664 g/mol. The number of anilines is 2. The van der Waals surface area contributed by atoms with Gasteiger partial charge in [-0.15, -0.1) is 0 Å². The zero-order chi connectivity index (χ0) is 33.7. The molecule has 1 aliphatic carbocycles. The van der Waals surface area contributed by atoms with E-state index < -0.39 is 23.7 Å².